The maximum absolute atomic E-state index is 10.7. The van der Waals surface area contributed by atoms with Gasteiger partial charge in [-0.1, -0.05) is 0 Å². The van der Waals surface area contributed by atoms with Crippen LogP contribution in [0.15, 0.2) is 18.5 Å². The van der Waals surface area contributed by atoms with Crippen molar-refractivity contribution in [1.29, 1.82) is 0 Å². The van der Waals surface area contributed by atoms with Crippen molar-refractivity contribution in [3.05, 3.63) is 24.0 Å². The summed E-state index contributed by atoms with van der Waals surface area (Å²) in [5.41, 5.74) is 0.173. The first-order valence-corrected chi connectivity index (χ1v) is 4.12. The molecule has 0 atom stereocenters. The van der Waals surface area contributed by atoms with E-state index in [4.69, 9.17) is 5.11 Å². The van der Waals surface area contributed by atoms with Gasteiger partial charge in [0.1, 0.15) is 5.54 Å². The van der Waals surface area contributed by atoms with E-state index in [-0.39, 0.29) is 0 Å². The van der Waals surface area contributed by atoms with Gasteiger partial charge in [0.2, 0.25) is 0 Å². The fraction of sp³-hybridized carbons (Fsp3) is 0.444. The van der Waals surface area contributed by atoms with Crippen LogP contribution in [0, 0.1) is 0 Å². The van der Waals surface area contributed by atoms with Crippen LogP contribution in [0.3, 0.4) is 0 Å². The molecule has 3 N–H and O–H groups in total. The van der Waals surface area contributed by atoms with Gasteiger partial charge in [0.25, 0.3) is 0 Å². The average molecular weight is 182 g/mol. The second kappa shape index (κ2) is 3.62. The lowest BCUT2D eigenvalue weighted by Gasteiger charge is -2.20. The molecule has 4 nitrogen and oxygen atoms in total. The Balaban J connectivity index is 2.47. The lowest BCUT2D eigenvalue weighted by atomic mass is 10.1. The maximum Gasteiger partial charge on any atom is 0.323 e. The number of aromatic nitrogens is 1. The van der Waals surface area contributed by atoms with E-state index in [1.165, 1.54) is 0 Å². The number of aromatic amines is 1. The summed E-state index contributed by atoms with van der Waals surface area (Å²) >= 11 is 0. The van der Waals surface area contributed by atoms with Crippen LogP contribution in [0.4, 0.5) is 0 Å². The van der Waals surface area contributed by atoms with Crippen molar-refractivity contribution in [2.24, 2.45) is 0 Å². The van der Waals surface area contributed by atoms with Crippen LogP contribution >= 0.6 is 0 Å². The third-order valence-electron chi connectivity index (χ3n) is 1.93. The van der Waals surface area contributed by atoms with Gasteiger partial charge in [-0.05, 0) is 25.5 Å². The third-order valence-corrected chi connectivity index (χ3v) is 1.93. The summed E-state index contributed by atoms with van der Waals surface area (Å²) in [6.45, 7) is 3.84. The van der Waals surface area contributed by atoms with Gasteiger partial charge in [0, 0.05) is 18.9 Å². The number of nitrogens with one attached hydrogen (secondary N) is 2. The molecule has 0 saturated heterocycles. The number of hydrogen-bond acceptors (Lipinski definition) is 2. The molecule has 1 aromatic heterocycles. The Kier molecular flexibility index (Phi) is 2.72. The summed E-state index contributed by atoms with van der Waals surface area (Å²) in [4.78, 5) is 13.6. The Morgan fingerprint density at radius 2 is 2.38 bits per heavy atom. The van der Waals surface area contributed by atoms with Crippen LogP contribution in [0.5, 0.6) is 0 Å². The van der Waals surface area contributed by atoms with Crippen molar-refractivity contribution in [3.8, 4) is 0 Å². The van der Waals surface area contributed by atoms with Gasteiger partial charge < -0.3 is 10.1 Å². The molecule has 4 heteroatoms. The zero-order chi connectivity index (χ0) is 9.90. The van der Waals surface area contributed by atoms with Crippen molar-refractivity contribution in [2.75, 3.05) is 0 Å². The van der Waals surface area contributed by atoms with Gasteiger partial charge in [-0.2, -0.15) is 0 Å². The Hall–Kier alpha value is -1.29. The summed E-state index contributed by atoms with van der Waals surface area (Å²) in [5.74, 6) is -0.844. The minimum absolute atomic E-state index is 0.558. The highest BCUT2D eigenvalue weighted by Crippen LogP contribution is 2.04. The summed E-state index contributed by atoms with van der Waals surface area (Å²) in [7, 11) is 0. The first-order valence-electron chi connectivity index (χ1n) is 4.12. The van der Waals surface area contributed by atoms with Crippen LogP contribution in [0.1, 0.15) is 19.4 Å². The molecule has 0 unspecified atom stereocenters. The summed E-state index contributed by atoms with van der Waals surface area (Å²) < 4.78 is 0. The van der Waals surface area contributed by atoms with E-state index in [0.717, 1.165) is 5.56 Å². The molecule has 0 aromatic carbocycles. The molecular formula is C9H14N2O2. The van der Waals surface area contributed by atoms with E-state index in [0.29, 0.717) is 6.54 Å². The van der Waals surface area contributed by atoms with Crippen molar-refractivity contribution < 1.29 is 9.90 Å². The Morgan fingerprint density at radius 1 is 1.69 bits per heavy atom. The normalized spacial score (nSPS) is 11.5. The monoisotopic (exact) mass is 182 g/mol. The molecule has 0 saturated carbocycles. The predicted octanol–water partition coefficient (Wildman–Crippen LogP) is 0.968. The van der Waals surface area contributed by atoms with Crippen LogP contribution in [0.25, 0.3) is 0 Å². The molecule has 1 rings (SSSR count). The lowest BCUT2D eigenvalue weighted by Crippen LogP contribution is -2.46. The first-order chi connectivity index (χ1) is 6.02. The van der Waals surface area contributed by atoms with Crippen molar-refractivity contribution in [3.63, 3.8) is 0 Å². The molecule has 0 bridgehead atoms. The second-order valence-electron chi connectivity index (χ2n) is 3.50. The number of carbonyl (C=O) groups is 1. The van der Waals surface area contributed by atoms with Gasteiger partial charge >= 0.3 is 5.97 Å². The van der Waals surface area contributed by atoms with Crippen LogP contribution < -0.4 is 5.32 Å². The fourth-order valence-corrected chi connectivity index (χ4v) is 0.867. The number of carboxylic acid groups (broad SMARTS) is 1. The van der Waals surface area contributed by atoms with Crippen molar-refractivity contribution in [2.45, 2.75) is 25.9 Å². The van der Waals surface area contributed by atoms with Gasteiger partial charge in [0.05, 0.1) is 0 Å². The number of hydrogen-bond donors (Lipinski definition) is 3. The smallest absolute Gasteiger partial charge is 0.323 e. The molecule has 0 fully saturated rings. The van der Waals surface area contributed by atoms with Gasteiger partial charge in [-0.25, -0.2) is 0 Å². The zero-order valence-corrected chi connectivity index (χ0v) is 7.79. The molecule has 13 heavy (non-hydrogen) atoms. The Morgan fingerprint density at radius 3 is 2.85 bits per heavy atom. The molecule has 0 amide bonds. The second-order valence-corrected chi connectivity index (χ2v) is 3.50. The van der Waals surface area contributed by atoms with Crippen LogP contribution in [0.2, 0.25) is 0 Å². The minimum atomic E-state index is -0.878. The molecule has 0 spiro atoms. The maximum atomic E-state index is 10.7. The van der Waals surface area contributed by atoms with Gasteiger partial charge in [0.15, 0.2) is 0 Å². The third kappa shape index (κ3) is 2.59. The van der Waals surface area contributed by atoms with E-state index in [1.807, 2.05) is 18.5 Å². The lowest BCUT2D eigenvalue weighted by molar-refractivity contribution is -0.143. The quantitative estimate of drug-likeness (QED) is 0.650. The topological polar surface area (TPSA) is 65.1 Å². The molecule has 1 aromatic rings. The van der Waals surface area contributed by atoms with E-state index in [1.54, 1.807) is 13.8 Å². The summed E-state index contributed by atoms with van der Waals surface area (Å²) in [6.07, 6.45) is 3.65. The van der Waals surface area contributed by atoms with E-state index >= 15 is 0 Å². The van der Waals surface area contributed by atoms with Gasteiger partial charge in [-0.3, -0.25) is 10.1 Å². The minimum Gasteiger partial charge on any atom is -0.480 e. The fourth-order valence-electron chi connectivity index (χ4n) is 0.867. The SMILES string of the molecule is CC(C)(NCc1cc[nH]c1)C(=O)O. The number of rotatable bonds is 4. The standard InChI is InChI=1S/C9H14N2O2/c1-9(2,8(12)13)11-6-7-3-4-10-5-7/h3-5,10-11H,6H2,1-2H3,(H,12,13). The summed E-state index contributed by atoms with van der Waals surface area (Å²) in [5, 5.41) is 11.7. The first kappa shape index (κ1) is 9.80. The zero-order valence-electron chi connectivity index (χ0n) is 7.79. The molecule has 0 aliphatic rings. The van der Waals surface area contributed by atoms with E-state index < -0.39 is 11.5 Å². The number of carboxylic acids is 1. The molecule has 1 heterocycles. The highest BCUT2D eigenvalue weighted by molar-refractivity contribution is 5.77. The Bertz CT molecular complexity index is 278. The largest absolute Gasteiger partial charge is 0.480 e. The van der Waals surface area contributed by atoms with Crippen LogP contribution in [-0.4, -0.2) is 21.6 Å². The predicted molar refractivity (Wildman–Crippen MR) is 49.3 cm³/mol. The molecule has 0 aliphatic carbocycles. The average Bonchev–Trinajstić information content (AvgIpc) is 2.52. The highest BCUT2D eigenvalue weighted by Gasteiger charge is 2.25. The number of aliphatic carboxylic acids is 1. The highest BCUT2D eigenvalue weighted by atomic mass is 16.4. The van der Waals surface area contributed by atoms with E-state index in [9.17, 15) is 4.79 Å². The number of H-pyrrole nitrogens is 1. The van der Waals surface area contributed by atoms with Crippen molar-refractivity contribution >= 4 is 5.97 Å². The molecule has 0 radical (unpaired) electrons. The summed E-state index contributed by atoms with van der Waals surface area (Å²) in [6, 6.07) is 1.91. The van der Waals surface area contributed by atoms with Crippen molar-refractivity contribution in [1.82, 2.24) is 10.3 Å². The Labute approximate surface area is 77.0 Å². The van der Waals surface area contributed by atoms with E-state index in [2.05, 4.69) is 10.3 Å². The molecule has 0 aliphatic heterocycles. The molecular weight excluding hydrogens is 168 g/mol. The van der Waals surface area contributed by atoms with Gasteiger partial charge in [-0.15, -0.1) is 0 Å². The van der Waals surface area contributed by atoms with Crippen LogP contribution in [-0.2, 0) is 11.3 Å². The molecule has 72 valence electrons.